The van der Waals surface area contributed by atoms with Crippen molar-refractivity contribution in [2.75, 3.05) is 32.1 Å². The first kappa shape index (κ1) is 22.8. The van der Waals surface area contributed by atoms with E-state index in [1.807, 2.05) is 13.8 Å². The summed E-state index contributed by atoms with van der Waals surface area (Å²) in [4.78, 5) is 12.3. The van der Waals surface area contributed by atoms with Gasteiger partial charge in [0.25, 0.3) is 0 Å². The minimum absolute atomic E-state index is 0.0557. The van der Waals surface area contributed by atoms with Crippen LogP contribution in [0, 0.1) is 23.1 Å². The van der Waals surface area contributed by atoms with Crippen molar-refractivity contribution in [2.24, 2.45) is 11.8 Å². The van der Waals surface area contributed by atoms with Crippen LogP contribution in [-0.2, 0) is 14.3 Å². The molecule has 3 rings (SSSR count). The second kappa shape index (κ2) is 10.4. The number of benzene rings is 1. The van der Waals surface area contributed by atoms with Crippen molar-refractivity contribution in [1.82, 2.24) is 10.6 Å². The summed E-state index contributed by atoms with van der Waals surface area (Å²) in [7, 11) is 1.32. The fourth-order valence-electron chi connectivity index (χ4n) is 3.64. The second-order valence-corrected chi connectivity index (χ2v) is 8.13. The number of piperidine rings is 1. The fourth-order valence-corrected chi connectivity index (χ4v) is 3.64. The number of hydrogen-bond donors (Lipinski definition) is 4. The number of esters is 1. The Bertz CT molecular complexity index is 858. The Morgan fingerprint density at radius 2 is 1.94 bits per heavy atom. The van der Waals surface area contributed by atoms with E-state index in [0.29, 0.717) is 35.3 Å². The van der Waals surface area contributed by atoms with Crippen LogP contribution < -0.4 is 16.0 Å². The molecule has 0 bridgehead atoms. The third-order valence-electron chi connectivity index (χ3n) is 5.49. The Kier molecular flexibility index (Phi) is 7.68. The zero-order valence-electron chi connectivity index (χ0n) is 18.3. The minimum atomic E-state index is -0.609. The lowest BCUT2D eigenvalue weighted by atomic mass is 9.93. The van der Waals surface area contributed by atoms with E-state index in [4.69, 9.17) is 14.9 Å². The summed E-state index contributed by atoms with van der Waals surface area (Å²) in [6, 6.07) is 5.93. The van der Waals surface area contributed by atoms with Crippen LogP contribution in [0.4, 0.5) is 10.1 Å². The van der Waals surface area contributed by atoms with Crippen LogP contribution in [0.3, 0.4) is 0 Å². The molecular formula is C23H31FN4O3. The van der Waals surface area contributed by atoms with Crippen molar-refractivity contribution in [3.05, 3.63) is 53.2 Å². The van der Waals surface area contributed by atoms with Crippen LogP contribution in [0.25, 0.3) is 0 Å². The Morgan fingerprint density at radius 1 is 1.26 bits per heavy atom. The van der Waals surface area contributed by atoms with Gasteiger partial charge >= 0.3 is 5.97 Å². The molecule has 1 atom stereocenters. The molecule has 1 saturated heterocycles. The molecule has 2 aliphatic rings. The van der Waals surface area contributed by atoms with E-state index in [-0.39, 0.29) is 17.4 Å². The number of rotatable bonds is 8. The van der Waals surface area contributed by atoms with Gasteiger partial charge in [-0.05, 0) is 62.0 Å². The van der Waals surface area contributed by atoms with E-state index in [9.17, 15) is 9.18 Å². The smallest absolute Gasteiger partial charge is 0.354 e. The van der Waals surface area contributed by atoms with E-state index < -0.39 is 12.1 Å². The molecule has 0 spiro atoms. The highest BCUT2D eigenvalue weighted by atomic mass is 19.1. The number of nitrogens with one attached hydrogen (secondary N) is 4. The molecule has 1 unspecified atom stereocenters. The maximum absolute atomic E-state index is 13.3. The molecule has 0 radical (unpaired) electrons. The van der Waals surface area contributed by atoms with Crippen LogP contribution in [0.15, 0.2) is 47.4 Å². The average Bonchev–Trinajstić information content (AvgIpc) is 2.78. The zero-order valence-corrected chi connectivity index (χ0v) is 18.3. The lowest BCUT2D eigenvalue weighted by molar-refractivity contribution is -0.136. The summed E-state index contributed by atoms with van der Waals surface area (Å²) in [6.45, 7) is 6.31. The van der Waals surface area contributed by atoms with Crippen LogP contribution >= 0.6 is 0 Å². The molecular weight excluding hydrogens is 399 g/mol. The molecule has 2 heterocycles. The number of allylic oxidation sites excluding steroid dienone is 1. The van der Waals surface area contributed by atoms with Gasteiger partial charge in [-0.25, -0.2) is 9.18 Å². The molecule has 0 amide bonds. The number of carbonyl (C=O) groups is 1. The van der Waals surface area contributed by atoms with Gasteiger partial charge in [-0.2, -0.15) is 0 Å². The lowest BCUT2D eigenvalue weighted by Crippen LogP contribution is -2.45. The van der Waals surface area contributed by atoms with Gasteiger partial charge in [-0.15, -0.1) is 0 Å². The topological polar surface area (TPSA) is 95.5 Å². The SMILES string of the molecule is COC(=O)C1=CC(OCC2CCNCC2)=C(C(=N)C(C)C)C(Nc2ccc(F)cc2)N1. The number of carbonyl (C=O) groups excluding carboxylic acids is 1. The van der Waals surface area contributed by atoms with Gasteiger partial charge in [0, 0.05) is 17.5 Å². The van der Waals surface area contributed by atoms with Crippen molar-refractivity contribution in [3.63, 3.8) is 0 Å². The first-order chi connectivity index (χ1) is 14.9. The number of hydrogen-bond acceptors (Lipinski definition) is 7. The maximum atomic E-state index is 13.3. The molecule has 1 aromatic carbocycles. The normalized spacial score (nSPS) is 19.5. The van der Waals surface area contributed by atoms with Gasteiger partial charge in [0.1, 0.15) is 23.4 Å². The molecule has 7 nitrogen and oxygen atoms in total. The zero-order chi connectivity index (χ0) is 22.4. The minimum Gasteiger partial charge on any atom is -0.493 e. The quantitative estimate of drug-likeness (QED) is 0.374. The Labute approximate surface area is 182 Å². The Hall–Kier alpha value is -2.87. The van der Waals surface area contributed by atoms with Crippen molar-refractivity contribution in [2.45, 2.75) is 32.9 Å². The predicted molar refractivity (Wildman–Crippen MR) is 118 cm³/mol. The van der Waals surface area contributed by atoms with Crippen LogP contribution in [0.1, 0.15) is 26.7 Å². The number of dihydropyridines is 1. The number of anilines is 1. The van der Waals surface area contributed by atoms with Crippen LogP contribution in [-0.4, -0.2) is 44.7 Å². The fraction of sp³-hybridized carbons (Fsp3) is 0.478. The summed E-state index contributed by atoms with van der Waals surface area (Å²) in [5.74, 6) is -0.0227. The summed E-state index contributed by atoms with van der Waals surface area (Å²) >= 11 is 0. The molecule has 1 fully saturated rings. The lowest BCUT2D eigenvalue weighted by Gasteiger charge is -2.32. The number of ether oxygens (including phenoxy) is 2. The van der Waals surface area contributed by atoms with E-state index in [1.165, 1.54) is 19.2 Å². The first-order valence-electron chi connectivity index (χ1n) is 10.6. The maximum Gasteiger partial charge on any atom is 0.354 e. The molecule has 4 N–H and O–H groups in total. The van der Waals surface area contributed by atoms with Gasteiger partial charge in [-0.1, -0.05) is 13.8 Å². The van der Waals surface area contributed by atoms with Crippen LogP contribution in [0.2, 0.25) is 0 Å². The first-order valence-corrected chi connectivity index (χ1v) is 10.6. The van der Waals surface area contributed by atoms with E-state index in [2.05, 4.69) is 16.0 Å². The molecule has 0 aromatic heterocycles. The largest absolute Gasteiger partial charge is 0.493 e. The standard InChI is InChI=1S/C23H31FN4O3/c1-14(2)21(25)20-19(31-13-15-8-10-26-11-9-15)12-18(23(29)30-3)28-22(20)27-17-6-4-16(24)5-7-17/h4-7,12,14-15,22,25-28H,8-11,13H2,1-3H3. The monoisotopic (exact) mass is 430 g/mol. The van der Waals surface area contributed by atoms with Gasteiger partial charge in [0.05, 0.1) is 19.3 Å². The number of methoxy groups -OCH3 is 1. The Balaban J connectivity index is 1.94. The summed E-state index contributed by atoms with van der Waals surface area (Å²) in [5.41, 5.74) is 1.91. The van der Waals surface area contributed by atoms with Crippen molar-refractivity contribution >= 4 is 17.4 Å². The summed E-state index contributed by atoms with van der Waals surface area (Å²) < 4.78 is 24.5. The highest BCUT2D eigenvalue weighted by molar-refractivity contribution is 6.02. The molecule has 2 aliphatic heterocycles. The molecule has 168 valence electrons. The molecule has 8 heteroatoms. The molecule has 31 heavy (non-hydrogen) atoms. The molecule has 0 saturated carbocycles. The van der Waals surface area contributed by atoms with E-state index >= 15 is 0 Å². The van der Waals surface area contributed by atoms with Gasteiger partial charge < -0.3 is 30.8 Å². The third-order valence-corrected chi connectivity index (χ3v) is 5.49. The Morgan fingerprint density at radius 3 is 2.55 bits per heavy atom. The summed E-state index contributed by atoms with van der Waals surface area (Å²) in [5, 5.41) is 18.4. The predicted octanol–water partition coefficient (Wildman–Crippen LogP) is 3.17. The third kappa shape index (κ3) is 5.85. The van der Waals surface area contributed by atoms with Crippen molar-refractivity contribution < 1.29 is 18.7 Å². The van der Waals surface area contributed by atoms with E-state index in [0.717, 1.165) is 25.9 Å². The molecule has 1 aromatic rings. The second-order valence-electron chi connectivity index (χ2n) is 8.13. The summed E-state index contributed by atoms with van der Waals surface area (Å²) in [6.07, 6.45) is 3.05. The highest BCUT2D eigenvalue weighted by Gasteiger charge is 2.32. The van der Waals surface area contributed by atoms with Gasteiger partial charge in [0.15, 0.2) is 0 Å². The van der Waals surface area contributed by atoms with Crippen molar-refractivity contribution in [1.29, 1.82) is 5.41 Å². The number of halogens is 1. The van der Waals surface area contributed by atoms with Crippen LogP contribution in [0.5, 0.6) is 0 Å². The molecule has 0 aliphatic carbocycles. The average molecular weight is 431 g/mol. The highest BCUT2D eigenvalue weighted by Crippen LogP contribution is 2.27. The van der Waals surface area contributed by atoms with Crippen molar-refractivity contribution in [3.8, 4) is 0 Å². The van der Waals surface area contributed by atoms with E-state index in [1.54, 1.807) is 18.2 Å². The van der Waals surface area contributed by atoms with Gasteiger partial charge in [-0.3, -0.25) is 0 Å². The van der Waals surface area contributed by atoms with Gasteiger partial charge in [0.2, 0.25) is 0 Å².